The second-order valence-corrected chi connectivity index (χ2v) is 4.93. The highest BCUT2D eigenvalue weighted by Crippen LogP contribution is 2.28. The summed E-state index contributed by atoms with van der Waals surface area (Å²) in [4.78, 5) is 18.1. The molecule has 1 aromatic carbocycles. The van der Waals surface area contributed by atoms with Gasteiger partial charge in [-0.2, -0.15) is 0 Å². The van der Waals surface area contributed by atoms with Crippen molar-refractivity contribution in [2.75, 3.05) is 19.1 Å². The van der Waals surface area contributed by atoms with E-state index in [0.29, 0.717) is 17.3 Å². The standard InChI is InChI=1S/C18H16N2O4/c1-20(14-9-6-12-19-17(14)22-2)18(21)15-10-11-16(24-15)23-13-7-4-3-5-8-13/h3-12H,1-2H3. The number of carbonyl (C=O) groups is 1. The second kappa shape index (κ2) is 6.87. The monoisotopic (exact) mass is 324 g/mol. The number of para-hydroxylation sites is 1. The number of hydrogen-bond acceptors (Lipinski definition) is 5. The molecule has 1 amide bonds. The Morgan fingerprint density at radius 2 is 1.88 bits per heavy atom. The smallest absolute Gasteiger partial charge is 0.294 e. The third kappa shape index (κ3) is 3.22. The van der Waals surface area contributed by atoms with Gasteiger partial charge in [-0.05, 0) is 30.3 Å². The molecule has 3 rings (SSSR count). The predicted molar refractivity (Wildman–Crippen MR) is 88.7 cm³/mol. The summed E-state index contributed by atoms with van der Waals surface area (Å²) in [5.41, 5.74) is 0.548. The van der Waals surface area contributed by atoms with E-state index in [1.54, 1.807) is 49.6 Å². The van der Waals surface area contributed by atoms with E-state index in [-0.39, 0.29) is 17.6 Å². The number of anilines is 1. The minimum atomic E-state index is -0.329. The van der Waals surface area contributed by atoms with Crippen LogP contribution in [0.25, 0.3) is 0 Å². The van der Waals surface area contributed by atoms with Gasteiger partial charge in [0.1, 0.15) is 11.4 Å². The van der Waals surface area contributed by atoms with Gasteiger partial charge in [0, 0.05) is 19.3 Å². The van der Waals surface area contributed by atoms with Crippen LogP contribution in [0.4, 0.5) is 5.69 Å². The van der Waals surface area contributed by atoms with Gasteiger partial charge >= 0.3 is 0 Å². The lowest BCUT2D eigenvalue weighted by Gasteiger charge is -2.17. The molecule has 0 fully saturated rings. The molecule has 0 saturated carbocycles. The number of furan rings is 1. The van der Waals surface area contributed by atoms with Gasteiger partial charge in [-0.25, -0.2) is 4.98 Å². The van der Waals surface area contributed by atoms with E-state index < -0.39 is 0 Å². The van der Waals surface area contributed by atoms with Crippen LogP contribution in [0.3, 0.4) is 0 Å². The molecule has 0 atom stereocenters. The fraction of sp³-hybridized carbons (Fsp3) is 0.111. The van der Waals surface area contributed by atoms with Crippen molar-refractivity contribution in [1.82, 2.24) is 4.98 Å². The summed E-state index contributed by atoms with van der Waals surface area (Å²) in [5, 5.41) is 0. The van der Waals surface area contributed by atoms with E-state index in [9.17, 15) is 4.79 Å². The topological polar surface area (TPSA) is 64.8 Å². The third-order valence-electron chi connectivity index (χ3n) is 3.36. The van der Waals surface area contributed by atoms with Crippen LogP contribution in [0, 0.1) is 0 Å². The molecular formula is C18H16N2O4. The van der Waals surface area contributed by atoms with E-state index in [4.69, 9.17) is 13.9 Å². The Morgan fingerprint density at radius 3 is 2.62 bits per heavy atom. The van der Waals surface area contributed by atoms with Crippen molar-refractivity contribution in [1.29, 1.82) is 0 Å². The van der Waals surface area contributed by atoms with Gasteiger partial charge < -0.3 is 18.8 Å². The number of hydrogen-bond donors (Lipinski definition) is 0. The summed E-state index contributed by atoms with van der Waals surface area (Å²) in [7, 11) is 3.13. The fourth-order valence-corrected chi connectivity index (χ4v) is 2.16. The van der Waals surface area contributed by atoms with Crippen molar-refractivity contribution in [2.24, 2.45) is 0 Å². The van der Waals surface area contributed by atoms with Crippen LogP contribution >= 0.6 is 0 Å². The van der Waals surface area contributed by atoms with Crippen molar-refractivity contribution in [3.63, 3.8) is 0 Å². The van der Waals surface area contributed by atoms with Crippen molar-refractivity contribution in [3.8, 4) is 17.6 Å². The average Bonchev–Trinajstić information content (AvgIpc) is 3.09. The molecule has 3 aromatic rings. The van der Waals surface area contributed by atoms with Crippen molar-refractivity contribution < 1.29 is 18.7 Å². The van der Waals surface area contributed by atoms with Gasteiger partial charge in [0.05, 0.1) is 7.11 Å². The van der Waals surface area contributed by atoms with Crippen LogP contribution in [0.2, 0.25) is 0 Å². The first-order chi connectivity index (χ1) is 11.7. The van der Waals surface area contributed by atoms with E-state index in [2.05, 4.69) is 4.98 Å². The molecule has 0 N–H and O–H groups in total. The molecule has 0 saturated heterocycles. The molecule has 6 heteroatoms. The maximum atomic E-state index is 12.6. The van der Waals surface area contributed by atoms with Gasteiger partial charge in [-0.1, -0.05) is 18.2 Å². The van der Waals surface area contributed by atoms with Crippen LogP contribution in [0.1, 0.15) is 10.6 Å². The number of ether oxygens (including phenoxy) is 2. The number of methoxy groups -OCH3 is 1. The van der Waals surface area contributed by atoms with Crippen LogP contribution in [0.15, 0.2) is 65.2 Å². The molecule has 0 unspecified atom stereocenters. The molecule has 0 aliphatic rings. The van der Waals surface area contributed by atoms with E-state index in [1.807, 2.05) is 18.2 Å². The Labute approximate surface area is 139 Å². The minimum absolute atomic E-state index is 0.161. The number of rotatable bonds is 5. The van der Waals surface area contributed by atoms with Crippen molar-refractivity contribution in [3.05, 3.63) is 66.6 Å². The van der Waals surface area contributed by atoms with Crippen LogP contribution in [-0.2, 0) is 0 Å². The van der Waals surface area contributed by atoms with Gasteiger partial charge in [0.2, 0.25) is 5.88 Å². The van der Waals surface area contributed by atoms with Gasteiger partial charge in [0.25, 0.3) is 11.9 Å². The Hall–Kier alpha value is -3.28. The van der Waals surface area contributed by atoms with E-state index in [1.165, 1.54) is 12.0 Å². The minimum Gasteiger partial charge on any atom is -0.480 e. The summed E-state index contributed by atoms with van der Waals surface area (Å²) in [5.74, 6) is 1.07. The van der Waals surface area contributed by atoms with Crippen molar-refractivity contribution >= 4 is 11.6 Å². The summed E-state index contributed by atoms with van der Waals surface area (Å²) < 4.78 is 16.2. The zero-order valence-electron chi connectivity index (χ0n) is 13.3. The second-order valence-electron chi connectivity index (χ2n) is 4.93. The first kappa shape index (κ1) is 15.6. The average molecular weight is 324 g/mol. The molecule has 0 radical (unpaired) electrons. The molecule has 0 bridgehead atoms. The highest BCUT2D eigenvalue weighted by molar-refractivity contribution is 6.04. The maximum absolute atomic E-state index is 12.6. The molecule has 2 heterocycles. The summed E-state index contributed by atoms with van der Waals surface area (Å²) in [6.07, 6.45) is 1.60. The Bertz CT molecular complexity index is 830. The Morgan fingerprint density at radius 1 is 1.08 bits per heavy atom. The molecule has 0 aliphatic carbocycles. The number of nitrogens with zero attached hydrogens (tertiary/aromatic N) is 2. The van der Waals surface area contributed by atoms with Crippen LogP contribution in [0.5, 0.6) is 17.6 Å². The molecule has 0 spiro atoms. The first-order valence-corrected chi connectivity index (χ1v) is 7.29. The number of carbonyl (C=O) groups excluding carboxylic acids is 1. The maximum Gasteiger partial charge on any atom is 0.294 e. The zero-order valence-corrected chi connectivity index (χ0v) is 13.3. The predicted octanol–water partition coefficient (Wildman–Crippen LogP) is 3.75. The molecule has 0 aliphatic heterocycles. The zero-order chi connectivity index (χ0) is 16.9. The first-order valence-electron chi connectivity index (χ1n) is 7.29. The lowest BCUT2D eigenvalue weighted by Crippen LogP contribution is -2.26. The summed E-state index contributed by atoms with van der Waals surface area (Å²) in [6, 6.07) is 15.9. The molecule has 24 heavy (non-hydrogen) atoms. The Balaban J connectivity index is 1.78. The number of benzene rings is 1. The third-order valence-corrected chi connectivity index (χ3v) is 3.36. The van der Waals surface area contributed by atoms with E-state index >= 15 is 0 Å². The Kier molecular flexibility index (Phi) is 4.47. The van der Waals surface area contributed by atoms with Crippen molar-refractivity contribution in [2.45, 2.75) is 0 Å². The highest BCUT2D eigenvalue weighted by atomic mass is 16.6. The fourth-order valence-electron chi connectivity index (χ4n) is 2.16. The number of aromatic nitrogens is 1. The van der Waals surface area contributed by atoms with Crippen LogP contribution in [-0.4, -0.2) is 25.0 Å². The van der Waals surface area contributed by atoms with Gasteiger partial charge in [0.15, 0.2) is 5.76 Å². The van der Waals surface area contributed by atoms with Gasteiger partial charge in [-0.15, -0.1) is 0 Å². The normalized spacial score (nSPS) is 10.2. The lowest BCUT2D eigenvalue weighted by atomic mass is 10.3. The molecule has 6 nitrogen and oxygen atoms in total. The molecule has 2 aromatic heterocycles. The van der Waals surface area contributed by atoms with Gasteiger partial charge in [-0.3, -0.25) is 4.79 Å². The summed E-state index contributed by atoms with van der Waals surface area (Å²) >= 11 is 0. The number of pyridine rings is 1. The number of amides is 1. The quantitative estimate of drug-likeness (QED) is 0.715. The largest absolute Gasteiger partial charge is 0.480 e. The van der Waals surface area contributed by atoms with Crippen LogP contribution < -0.4 is 14.4 Å². The molecule has 122 valence electrons. The SMILES string of the molecule is COc1ncccc1N(C)C(=O)c1ccc(Oc2ccccc2)o1. The van der Waals surface area contributed by atoms with E-state index in [0.717, 1.165) is 0 Å². The summed E-state index contributed by atoms with van der Waals surface area (Å²) in [6.45, 7) is 0. The lowest BCUT2D eigenvalue weighted by molar-refractivity contribution is 0.0961. The molecular weight excluding hydrogens is 308 g/mol. The highest BCUT2D eigenvalue weighted by Gasteiger charge is 2.21.